The molecule has 2 atom stereocenters. The van der Waals surface area contributed by atoms with Crippen LogP contribution < -0.4 is 9.62 Å². The third-order valence-electron chi connectivity index (χ3n) is 8.18. The maximum absolute atomic E-state index is 14.6. The van der Waals surface area contributed by atoms with Crippen LogP contribution in [0.4, 0.5) is 18.9 Å². The van der Waals surface area contributed by atoms with Gasteiger partial charge in [-0.3, -0.25) is 13.9 Å². The fourth-order valence-electron chi connectivity index (χ4n) is 5.14. The first kappa shape index (κ1) is 37.5. The fourth-order valence-corrected chi connectivity index (χ4v) is 6.77. The van der Waals surface area contributed by atoms with Gasteiger partial charge in [0.05, 0.1) is 21.2 Å². The summed E-state index contributed by atoms with van der Waals surface area (Å²) in [6, 6.07) is 23.5. The summed E-state index contributed by atoms with van der Waals surface area (Å²) >= 11 is 5.89. The Morgan fingerprint density at radius 3 is 2.02 bits per heavy atom. The molecule has 0 aliphatic heterocycles. The Balaban J connectivity index is 1.87. The minimum absolute atomic E-state index is 0.0720. The fraction of sp³-hybridized carbons (Fsp3) is 0.297. The van der Waals surface area contributed by atoms with Crippen molar-refractivity contribution in [2.75, 3.05) is 10.8 Å². The minimum atomic E-state index is -4.90. The number of hydrogen-bond acceptors (Lipinski definition) is 4. The van der Waals surface area contributed by atoms with E-state index >= 15 is 0 Å². The Bertz CT molecular complexity index is 1850. The normalized spacial score (nSPS) is 13.0. The topological polar surface area (TPSA) is 86.8 Å². The van der Waals surface area contributed by atoms with Crippen molar-refractivity contribution in [3.8, 4) is 0 Å². The van der Waals surface area contributed by atoms with Gasteiger partial charge >= 0.3 is 6.18 Å². The van der Waals surface area contributed by atoms with Crippen molar-refractivity contribution in [1.29, 1.82) is 0 Å². The Hall–Kier alpha value is -4.35. The molecule has 2 amide bonds. The van der Waals surface area contributed by atoms with Crippen molar-refractivity contribution < 1.29 is 31.2 Å². The van der Waals surface area contributed by atoms with E-state index in [1.165, 1.54) is 17.0 Å². The van der Waals surface area contributed by atoms with Crippen LogP contribution in [0.5, 0.6) is 0 Å². The second-order valence-corrected chi connectivity index (χ2v) is 14.3. The molecule has 0 aromatic heterocycles. The average molecular weight is 714 g/mol. The summed E-state index contributed by atoms with van der Waals surface area (Å²) in [5.74, 6) is -1.24. The van der Waals surface area contributed by atoms with Gasteiger partial charge in [-0.15, -0.1) is 0 Å². The van der Waals surface area contributed by atoms with Gasteiger partial charge in [-0.2, -0.15) is 13.2 Å². The maximum Gasteiger partial charge on any atom is 0.417 e. The number of nitrogens with zero attached hydrogens (tertiary/aromatic N) is 2. The predicted molar refractivity (Wildman–Crippen MR) is 186 cm³/mol. The Labute approximate surface area is 290 Å². The molecule has 0 unspecified atom stereocenters. The van der Waals surface area contributed by atoms with Crippen LogP contribution in [0.3, 0.4) is 0 Å². The van der Waals surface area contributed by atoms with E-state index in [0.29, 0.717) is 22.4 Å². The van der Waals surface area contributed by atoms with Gasteiger partial charge < -0.3 is 10.2 Å². The number of carbonyl (C=O) groups excluding carboxylic acids is 2. The van der Waals surface area contributed by atoms with Gasteiger partial charge in [0.1, 0.15) is 12.6 Å². The number of halogens is 4. The van der Waals surface area contributed by atoms with E-state index in [2.05, 4.69) is 5.32 Å². The molecule has 1 N–H and O–H groups in total. The smallest absolute Gasteiger partial charge is 0.352 e. The van der Waals surface area contributed by atoms with Crippen LogP contribution >= 0.6 is 11.6 Å². The quantitative estimate of drug-likeness (QED) is 0.154. The van der Waals surface area contributed by atoms with Crippen LogP contribution in [0.25, 0.3) is 0 Å². The highest BCUT2D eigenvalue weighted by molar-refractivity contribution is 7.92. The van der Waals surface area contributed by atoms with E-state index < -0.39 is 56.9 Å². The van der Waals surface area contributed by atoms with Crippen LogP contribution in [0.15, 0.2) is 102 Å². The number of anilines is 1. The monoisotopic (exact) mass is 713 g/mol. The number of carbonyl (C=O) groups is 2. The number of nitrogens with one attached hydrogen (secondary N) is 1. The summed E-state index contributed by atoms with van der Waals surface area (Å²) in [7, 11) is -4.61. The zero-order valence-electron chi connectivity index (χ0n) is 27.7. The lowest BCUT2D eigenvalue weighted by molar-refractivity contribution is -0.140. The van der Waals surface area contributed by atoms with Crippen LogP contribution in [0, 0.1) is 13.8 Å². The van der Waals surface area contributed by atoms with Gasteiger partial charge in [-0.1, -0.05) is 96.4 Å². The molecule has 0 fully saturated rings. The van der Waals surface area contributed by atoms with Crippen molar-refractivity contribution in [3.63, 3.8) is 0 Å². The standard InChI is InChI=1S/C37H39ClF3N3O4S/c1-5-27(4)42-36(46)34(21-28-9-7-6-8-10-28)43(23-29-15-11-25(2)12-16-29)35(45)24-44(49(47,48)31-18-13-26(3)14-19-31)30-17-20-33(38)32(22-30)37(39,40)41/h6-20,22,27,34H,5,21,23-24H2,1-4H3,(H,42,46)/t27-,34+/m0/s1. The first-order valence-corrected chi connectivity index (χ1v) is 17.6. The highest BCUT2D eigenvalue weighted by atomic mass is 35.5. The van der Waals surface area contributed by atoms with Crippen LogP contribution in [0.2, 0.25) is 5.02 Å². The summed E-state index contributed by atoms with van der Waals surface area (Å²) in [5, 5.41) is 2.33. The number of benzene rings is 4. The molecule has 0 aliphatic carbocycles. The molecular formula is C37H39ClF3N3O4S. The molecular weight excluding hydrogens is 675 g/mol. The lowest BCUT2D eigenvalue weighted by Crippen LogP contribution is -2.54. The molecule has 0 heterocycles. The van der Waals surface area contributed by atoms with E-state index in [0.717, 1.165) is 28.8 Å². The molecule has 0 saturated heterocycles. The predicted octanol–water partition coefficient (Wildman–Crippen LogP) is 7.73. The largest absolute Gasteiger partial charge is 0.417 e. The van der Waals surface area contributed by atoms with Gasteiger partial charge in [-0.25, -0.2) is 8.42 Å². The summed E-state index contributed by atoms with van der Waals surface area (Å²) in [6.45, 7) is 6.42. The van der Waals surface area contributed by atoms with E-state index in [9.17, 15) is 31.2 Å². The lowest BCUT2D eigenvalue weighted by Gasteiger charge is -2.34. The molecule has 0 aliphatic rings. The average Bonchev–Trinajstić information content (AvgIpc) is 3.06. The zero-order chi connectivity index (χ0) is 35.9. The molecule has 12 heteroatoms. The Morgan fingerprint density at radius 1 is 0.857 bits per heavy atom. The minimum Gasteiger partial charge on any atom is -0.352 e. The number of hydrogen-bond donors (Lipinski definition) is 1. The first-order valence-electron chi connectivity index (χ1n) is 15.8. The van der Waals surface area contributed by atoms with Crippen molar-refractivity contribution >= 4 is 39.1 Å². The van der Waals surface area contributed by atoms with Gasteiger partial charge in [0, 0.05) is 19.0 Å². The van der Waals surface area contributed by atoms with Gasteiger partial charge in [0.25, 0.3) is 10.0 Å². The molecule has 4 aromatic rings. The lowest BCUT2D eigenvalue weighted by atomic mass is 10.0. The highest BCUT2D eigenvalue weighted by Crippen LogP contribution is 2.38. The SMILES string of the molecule is CC[C@H](C)NC(=O)[C@@H](Cc1ccccc1)N(Cc1ccc(C)cc1)C(=O)CN(c1ccc(Cl)c(C(F)(F)F)c1)S(=O)(=O)c1ccc(C)cc1. The number of alkyl halides is 3. The molecule has 49 heavy (non-hydrogen) atoms. The summed E-state index contributed by atoms with van der Waals surface area (Å²) in [4.78, 5) is 29.6. The second-order valence-electron chi connectivity index (χ2n) is 12.0. The van der Waals surface area contributed by atoms with Crippen LogP contribution in [-0.2, 0) is 38.8 Å². The molecule has 0 saturated carbocycles. The Morgan fingerprint density at radius 2 is 1.45 bits per heavy atom. The van der Waals surface area contributed by atoms with Crippen LogP contribution in [0.1, 0.15) is 48.1 Å². The molecule has 4 rings (SSSR count). The van der Waals surface area contributed by atoms with E-state index in [4.69, 9.17) is 11.6 Å². The molecule has 0 bridgehead atoms. The molecule has 7 nitrogen and oxygen atoms in total. The van der Waals surface area contributed by atoms with Crippen molar-refractivity contribution in [3.05, 3.63) is 130 Å². The molecule has 0 radical (unpaired) electrons. The third kappa shape index (κ3) is 9.64. The van der Waals surface area contributed by atoms with Crippen LogP contribution in [-0.4, -0.2) is 43.8 Å². The van der Waals surface area contributed by atoms with E-state index in [-0.39, 0.29) is 23.9 Å². The van der Waals surface area contributed by atoms with E-state index in [1.54, 1.807) is 43.3 Å². The summed E-state index contributed by atoms with van der Waals surface area (Å²) in [5.41, 5.74) is 1.49. The van der Waals surface area contributed by atoms with Gasteiger partial charge in [-0.05, 0) is 68.7 Å². The number of amides is 2. The third-order valence-corrected chi connectivity index (χ3v) is 10.3. The number of sulfonamides is 1. The summed E-state index contributed by atoms with van der Waals surface area (Å²) in [6.07, 6.45) is -4.18. The van der Waals surface area contributed by atoms with Crippen molar-refractivity contribution in [1.82, 2.24) is 10.2 Å². The zero-order valence-corrected chi connectivity index (χ0v) is 29.2. The molecule has 4 aromatic carbocycles. The molecule has 0 spiro atoms. The Kier molecular flexibility index (Phi) is 12.2. The second kappa shape index (κ2) is 15.9. The number of rotatable bonds is 13. The highest BCUT2D eigenvalue weighted by Gasteiger charge is 2.38. The maximum atomic E-state index is 14.6. The molecule has 260 valence electrons. The van der Waals surface area contributed by atoms with Gasteiger partial charge in [0.2, 0.25) is 11.8 Å². The summed E-state index contributed by atoms with van der Waals surface area (Å²) < 4.78 is 70.9. The van der Waals surface area contributed by atoms with Crippen molar-refractivity contribution in [2.24, 2.45) is 0 Å². The number of aryl methyl sites for hydroxylation is 2. The first-order chi connectivity index (χ1) is 23.1. The van der Waals surface area contributed by atoms with Gasteiger partial charge in [0.15, 0.2) is 0 Å². The van der Waals surface area contributed by atoms with E-state index in [1.807, 2.05) is 51.1 Å². The van der Waals surface area contributed by atoms with Crippen molar-refractivity contribution in [2.45, 2.75) is 70.2 Å².